The van der Waals surface area contributed by atoms with Gasteiger partial charge < -0.3 is 10.6 Å². The van der Waals surface area contributed by atoms with Crippen molar-refractivity contribution in [3.05, 3.63) is 89.2 Å². The molecule has 0 aliphatic carbocycles. The SMILES string of the molecule is C=C/C1=C(\C=C/C)N(Cc2ccc(C)c(N)c2C)C/C=C\C=C/C1C. The average molecular weight is 335 g/mol. The molecule has 25 heavy (non-hydrogen) atoms. The van der Waals surface area contributed by atoms with Crippen LogP contribution in [0.2, 0.25) is 0 Å². The Morgan fingerprint density at radius 1 is 1.28 bits per heavy atom. The molecule has 0 spiro atoms. The van der Waals surface area contributed by atoms with E-state index in [0.717, 1.165) is 24.3 Å². The highest BCUT2D eigenvalue weighted by atomic mass is 15.1. The largest absolute Gasteiger partial charge is 0.398 e. The van der Waals surface area contributed by atoms with Crippen molar-refractivity contribution in [2.24, 2.45) is 5.92 Å². The van der Waals surface area contributed by atoms with Crippen LogP contribution in [0.4, 0.5) is 5.69 Å². The summed E-state index contributed by atoms with van der Waals surface area (Å²) >= 11 is 0. The van der Waals surface area contributed by atoms with Crippen molar-refractivity contribution < 1.29 is 0 Å². The molecule has 2 heteroatoms. The van der Waals surface area contributed by atoms with Gasteiger partial charge in [0, 0.05) is 30.4 Å². The summed E-state index contributed by atoms with van der Waals surface area (Å²) in [6.45, 7) is 14.2. The van der Waals surface area contributed by atoms with Crippen molar-refractivity contribution in [1.82, 2.24) is 4.90 Å². The minimum atomic E-state index is 0.318. The van der Waals surface area contributed by atoms with Crippen LogP contribution in [0.5, 0.6) is 0 Å². The Morgan fingerprint density at radius 3 is 2.72 bits per heavy atom. The van der Waals surface area contributed by atoms with E-state index < -0.39 is 0 Å². The molecule has 0 amide bonds. The van der Waals surface area contributed by atoms with Gasteiger partial charge in [-0.3, -0.25) is 0 Å². The second-order valence-corrected chi connectivity index (χ2v) is 6.61. The number of anilines is 1. The lowest BCUT2D eigenvalue weighted by Crippen LogP contribution is -2.24. The van der Waals surface area contributed by atoms with E-state index in [9.17, 15) is 0 Å². The van der Waals surface area contributed by atoms with Crippen LogP contribution in [-0.2, 0) is 6.54 Å². The summed E-state index contributed by atoms with van der Waals surface area (Å²) in [5.74, 6) is 0.318. The molecule has 0 aromatic heterocycles. The number of benzene rings is 1. The minimum Gasteiger partial charge on any atom is -0.398 e. The highest BCUT2D eigenvalue weighted by Gasteiger charge is 2.16. The van der Waals surface area contributed by atoms with Crippen LogP contribution in [-0.4, -0.2) is 11.4 Å². The van der Waals surface area contributed by atoms with Crippen LogP contribution in [0.3, 0.4) is 0 Å². The normalized spacial score (nSPS) is 23.8. The van der Waals surface area contributed by atoms with Crippen LogP contribution in [0.25, 0.3) is 0 Å². The van der Waals surface area contributed by atoms with E-state index in [0.29, 0.717) is 5.92 Å². The monoisotopic (exact) mass is 334 g/mol. The summed E-state index contributed by atoms with van der Waals surface area (Å²) in [4.78, 5) is 2.40. The Balaban J connectivity index is 2.51. The minimum absolute atomic E-state index is 0.318. The third kappa shape index (κ3) is 4.33. The lowest BCUT2D eigenvalue weighted by atomic mass is 9.96. The van der Waals surface area contributed by atoms with E-state index in [1.165, 1.54) is 22.4 Å². The predicted octanol–water partition coefficient (Wildman–Crippen LogP) is 5.47. The highest BCUT2D eigenvalue weighted by molar-refractivity contribution is 5.56. The first kappa shape index (κ1) is 18.9. The topological polar surface area (TPSA) is 29.3 Å². The molecule has 2 nitrogen and oxygen atoms in total. The van der Waals surface area contributed by atoms with Gasteiger partial charge in [-0.2, -0.15) is 0 Å². The first-order valence-electron chi connectivity index (χ1n) is 8.91. The first-order valence-corrected chi connectivity index (χ1v) is 8.91. The zero-order valence-corrected chi connectivity index (χ0v) is 15.9. The second-order valence-electron chi connectivity index (χ2n) is 6.61. The maximum absolute atomic E-state index is 6.25. The molecule has 1 aromatic carbocycles. The van der Waals surface area contributed by atoms with Crippen molar-refractivity contribution in [2.75, 3.05) is 12.3 Å². The van der Waals surface area contributed by atoms with Crippen molar-refractivity contribution >= 4 is 5.69 Å². The van der Waals surface area contributed by atoms with Gasteiger partial charge in [-0.1, -0.05) is 62.1 Å². The number of nitrogens with two attached hydrogens (primary N) is 1. The van der Waals surface area contributed by atoms with Gasteiger partial charge in [-0.25, -0.2) is 0 Å². The van der Waals surface area contributed by atoms with Gasteiger partial charge in [-0.15, -0.1) is 0 Å². The molecule has 0 saturated heterocycles. The average Bonchev–Trinajstić information content (AvgIpc) is 2.66. The van der Waals surface area contributed by atoms with Crippen LogP contribution < -0.4 is 5.73 Å². The number of rotatable bonds is 4. The molecule has 1 atom stereocenters. The molecule has 0 fully saturated rings. The fourth-order valence-corrected chi connectivity index (χ4v) is 3.20. The molecule has 2 N–H and O–H groups in total. The molecule has 1 unspecified atom stereocenters. The molecule has 0 radical (unpaired) electrons. The maximum Gasteiger partial charge on any atom is 0.0436 e. The third-order valence-corrected chi connectivity index (χ3v) is 4.85. The third-order valence-electron chi connectivity index (χ3n) is 4.85. The van der Waals surface area contributed by atoms with Crippen molar-refractivity contribution in [3.63, 3.8) is 0 Å². The first-order chi connectivity index (χ1) is 12.0. The molecule has 1 aliphatic heterocycles. The van der Waals surface area contributed by atoms with Gasteiger partial charge in [-0.05, 0) is 49.1 Å². The number of nitrogens with zero attached hydrogens (tertiary/aromatic N) is 1. The Hall–Kier alpha value is -2.48. The van der Waals surface area contributed by atoms with Gasteiger partial charge in [0.1, 0.15) is 0 Å². The molecule has 2 rings (SSSR count). The van der Waals surface area contributed by atoms with Crippen LogP contribution in [0.1, 0.15) is 30.5 Å². The zero-order chi connectivity index (χ0) is 18.4. The predicted molar refractivity (Wildman–Crippen MR) is 110 cm³/mol. The fraction of sp³-hybridized carbons (Fsp3) is 0.304. The van der Waals surface area contributed by atoms with Gasteiger partial charge in [0.15, 0.2) is 0 Å². The Labute approximate surface area is 152 Å². The summed E-state index contributed by atoms with van der Waals surface area (Å²) in [6.07, 6.45) is 14.9. The molecule has 0 saturated carbocycles. The summed E-state index contributed by atoms with van der Waals surface area (Å²) in [7, 11) is 0. The van der Waals surface area contributed by atoms with E-state index in [1.54, 1.807) is 0 Å². The summed E-state index contributed by atoms with van der Waals surface area (Å²) in [5.41, 5.74) is 13.2. The Morgan fingerprint density at radius 2 is 2.04 bits per heavy atom. The Kier molecular flexibility index (Phi) is 6.46. The van der Waals surface area contributed by atoms with E-state index in [4.69, 9.17) is 5.73 Å². The summed E-state index contributed by atoms with van der Waals surface area (Å²) < 4.78 is 0. The molecule has 1 aliphatic rings. The van der Waals surface area contributed by atoms with Crippen LogP contribution in [0.15, 0.2) is 72.5 Å². The molecular formula is C23H30N2. The number of nitrogen functional groups attached to an aromatic ring is 1. The number of aryl methyl sites for hydroxylation is 1. The molecule has 132 valence electrons. The van der Waals surface area contributed by atoms with Crippen molar-refractivity contribution in [3.8, 4) is 0 Å². The summed E-state index contributed by atoms with van der Waals surface area (Å²) in [5, 5.41) is 0. The smallest absolute Gasteiger partial charge is 0.0436 e. The van der Waals surface area contributed by atoms with Gasteiger partial charge >= 0.3 is 0 Å². The van der Waals surface area contributed by atoms with E-state index >= 15 is 0 Å². The molecule has 1 heterocycles. The van der Waals surface area contributed by atoms with Crippen LogP contribution >= 0.6 is 0 Å². The lowest BCUT2D eigenvalue weighted by molar-refractivity contribution is 0.378. The molecular weight excluding hydrogens is 304 g/mol. The van der Waals surface area contributed by atoms with E-state index in [1.807, 2.05) is 6.08 Å². The van der Waals surface area contributed by atoms with Gasteiger partial charge in [0.05, 0.1) is 0 Å². The maximum atomic E-state index is 6.25. The lowest BCUT2D eigenvalue weighted by Gasteiger charge is -2.29. The standard InChI is InChI=1S/C23H30N2/c1-6-11-22-21(7-2)17(3)12-9-8-10-15-25(22)16-20-14-13-18(4)23(24)19(20)5/h6-14,17H,2,15-16,24H2,1,3-5H3/b10-8-,11-6-,12-9-,22-21-. The van der Waals surface area contributed by atoms with Crippen molar-refractivity contribution in [1.29, 1.82) is 0 Å². The zero-order valence-electron chi connectivity index (χ0n) is 15.9. The van der Waals surface area contributed by atoms with Crippen LogP contribution in [0, 0.1) is 19.8 Å². The highest BCUT2D eigenvalue weighted by Crippen LogP contribution is 2.27. The van der Waals surface area contributed by atoms with Gasteiger partial charge in [0.25, 0.3) is 0 Å². The number of hydrogen-bond acceptors (Lipinski definition) is 2. The number of allylic oxidation sites excluding steroid dienone is 7. The molecule has 0 bridgehead atoms. The Bertz CT molecular complexity index is 748. The molecule has 1 aromatic rings. The summed E-state index contributed by atoms with van der Waals surface area (Å²) in [6, 6.07) is 4.31. The van der Waals surface area contributed by atoms with Gasteiger partial charge in [0.2, 0.25) is 0 Å². The quantitative estimate of drug-likeness (QED) is 0.740. The fourth-order valence-electron chi connectivity index (χ4n) is 3.20. The second kappa shape index (κ2) is 8.57. The van der Waals surface area contributed by atoms with Crippen molar-refractivity contribution in [2.45, 2.75) is 34.2 Å². The number of hydrogen-bond donors (Lipinski definition) is 1. The van der Waals surface area contributed by atoms with E-state index in [2.05, 4.69) is 87.8 Å². The van der Waals surface area contributed by atoms with E-state index in [-0.39, 0.29) is 0 Å².